The monoisotopic (exact) mass is 305 g/mol. The van der Waals surface area contributed by atoms with Gasteiger partial charge in [0, 0.05) is 12.3 Å². The van der Waals surface area contributed by atoms with Crippen LogP contribution in [0.3, 0.4) is 0 Å². The topological polar surface area (TPSA) is 85.1 Å². The van der Waals surface area contributed by atoms with E-state index in [0.717, 1.165) is 30.6 Å². The van der Waals surface area contributed by atoms with Gasteiger partial charge in [-0.2, -0.15) is 4.37 Å². The molecule has 1 heterocycles. The number of aromatic nitrogens is 1. The second-order valence-electron chi connectivity index (χ2n) is 4.89. The van der Waals surface area contributed by atoms with Gasteiger partial charge in [-0.1, -0.05) is 32.6 Å². The Morgan fingerprint density at radius 2 is 2.05 bits per heavy atom. The molecule has 110 valence electrons. The quantitative estimate of drug-likeness (QED) is 0.721. The molecule has 1 atom stereocenters. The van der Waals surface area contributed by atoms with Gasteiger partial charge in [0.15, 0.2) is 15.7 Å². The zero-order valence-electron chi connectivity index (χ0n) is 11.8. The first kappa shape index (κ1) is 16.2. The fourth-order valence-electron chi connectivity index (χ4n) is 1.92. The smallest absolute Gasteiger partial charge is 0.182 e. The van der Waals surface area contributed by atoms with Gasteiger partial charge in [-0.15, -0.1) is 0 Å². The lowest BCUT2D eigenvalue weighted by Gasteiger charge is -2.14. The summed E-state index contributed by atoms with van der Waals surface area (Å²) in [6.07, 6.45) is 6.99. The third-order valence-corrected chi connectivity index (χ3v) is 4.99. The number of nitrogens with two attached hydrogens (primary N) is 1. The van der Waals surface area contributed by atoms with Crippen LogP contribution in [0.4, 0.5) is 10.8 Å². The fraction of sp³-hybridized carbons (Fsp3) is 0.750. The normalized spacial score (nSPS) is 13.4. The molecular formula is C12H23N3O2S2. The van der Waals surface area contributed by atoms with Gasteiger partial charge in [-0.25, -0.2) is 8.42 Å². The Balaban J connectivity index is 2.63. The predicted molar refractivity (Wildman–Crippen MR) is 81.5 cm³/mol. The van der Waals surface area contributed by atoms with E-state index in [9.17, 15) is 8.42 Å². The zero-order chi connectivity index (χ0) is 14.5. The molecule has 1 aromatic heterocycles. The molecule has 1 aromatic rings. The van der Waals surface area contributed by atoms with Crippen molar-refractivity contribution >= 4 is 32.2 Å². The summed E-state index contributed by atoms with van der Waals surface area (Å²) in [7, 11) is -3.34. The Morgan fingerprint density at radius 3 is 2.63 bits per heavy atom. The number of rotatable bonds is 8. The van der Waals surface area contributed by atoms with Crippen LogP contribution in [0.5, 0.6) is 0 Å². The van der Waals surface area contributed by atoms with E-state index < -0.39 is 9.84 Å². The van der Waals surface area contributed by atoms with Gasteiger partial charge in [-0.05, 0) is 24.9 Å². The van der Waals surface area contributed by atoms with Crippen LogP contribution in [0.25, 0.3) is 0 Å². The fourth-order valence-corrected chi connectivity index (χ4v) is 4.08. The van der Waals surface area contributed by atoms with Crippen molar-refractivity contribution in [3.8, 4) is 0 Å². The number of nitrogen functional groups attached to an aromatic ring is 1. The number of unbranched alkanes of at least 4 members (excludes halogenated alkanes) is 3. The van der Waals surface area contributed by atoms with Crippen LogP contribution in [-0.4, -0.2) is 25.1 Å². The molecule has 19 heavy (non-hydrogen) atoms. The molecule has 0 amide bonds. The number of hydrogen-bond acceptors (Lipinski definition) is 6. The molecule has 5 nitrogen and oxygen atoms in total. The average molecular weight is 305 g/mol. The van der Waals surface area contributed by atoms with Gasteiger partial charge in [0.25, 0.3) is 0 Å². The summed E-state index contributed by atoms with van der Waals surface area (Å²) in [5.74, 6) is 0.0909. The van der Waals surface area contributed by atoms with Crippen molar-refractivity contribution in [2.45, 2.75) is 56.9 Å². The largest absolute Gasteiger partial charge is 0.382 e. The lowest BCUT2D eigenvalue weighted by Crippen LogP contribution is -2.16. The molecule has 0 bridgehead atoms. The number of anilines is 2. The molecule has 0 aromatic carbocycles. The molecular weight excluding hydrogens is 282 g/mol. The van der Waals surface area contributed by atoms with E-state index in [4.69, 9.17) is 5.73 Å². The molecule has 0 fully saturated rings. The van der Waals surface area contributed by atoms with E-state index in [0.29, 0.717) is 5.00 Å². The van der Waals surface area contributed by atoms with Crippen molar-refractivity contribution in [3.63, 3.8) is 0 Å². The van der Waals surface area contributed by atoms with Crippen LogP contribution in [-0.2, 0) is 9.84 Å². The highest BCUT2D eigenvalue weighted by Gasteiger charge is 2.22. The van der Waals surface area contributed by atoms with E-state index in [1.54, 1.807) is 0 Å². The number of hydrogen-bond donors (Lipinski definition) is 2. The SMILES string of the molecule is CCCCCCC(C)Nc1snc(N)c1S(C)(=O)=O. The highest BCUT2D eigenvalue weighted by molar-refractivity contribution is 7.91. The zero-order valence-corrected chi connectivity index (χ0v) is 13.4. The molecule has 3 N–H and O–H groups in total. The average Bonchev–Trinajstić information content (AvgIpc) is 2.65. The van der Waals surface area contributed by atoms with Crippen molar-refractivity contribution in [2.24, 2.45) is 0 Å². The first-order valence-electron chi connectivity index (χ1n) is 6.58. The molecule has 0 aliphatic heterocycles. The Labute approximate surface area is 119 Å². The summed E-state index contributed by atoms with van der Waals surface area (Å²) in [4.78, 5) is 0.137. The molecule has 7 heteroatoms. The van der Waals surface area contributed by atoms with E-state index in [1.807, 2.05) is 6.92 Å². The Hall–Kier alpha value is -0.820. The first-order chi connectivity index (χ1) is 8.86. The van der Waals surface area contributed by atoms with Gasteiger partial charge in [-0.3, -0.25) is 0 Å². The highest BCUT2D eigenvalue weighted by Crippen LogP contribution is 2.32. The van der Waals surface area contributed by atoms with Crippen LogP contribution in [0.2, 0.25) is 0 Å². The van der Waals surface area contributed by atoms with Crippen LogP contribution >= 0.6 is 11.5 Å². The number of sulfone groups is 1. The van der Waals surface area contributed by atoms with Crippen molar-refractivity contribution in [1.82, 2.24) is 4.37 Å². The van der Waals surface area contributed by atoms with E-state index >= 15 is 0 Å². The minimum Gasteiger partial charge on any atom is -0.382 e. The maximum atomic E-state index is 11.7. The standard InChI is InChI=1S/C12H23N3O2S2/c1-4-5-6-7-8-9(2)14-12-10(19(3,16)17)11(13)15-18-12/h9,14H,4-8H2,1-3H3,(H2,13,15). The van der Waals surface area contributed by atoms with Gasteiger partial charge < -0.3 is 11.1 Å². The molecule has 0 aliphatic rings. The molecule has 1 rings (SSSR count). The molecule has 0 spiro atoms. The third kappa shape index (κ3) is 4.99. The summed E-state index contributed by atoms with van der Waals surface area (Å²) in [5, 5.41) is 3.77. The van der Waals surface area contributed by atoms with E-state index in [-0.39, 0.29) is 16.8 Å². The van der Waals surface area contributed by atoms with Crippen LogP contribution in [0, 0.1) is 0 Å². The van der Waals surface area contributed by atoms with E-state index in [2.05, 4.69) is 16.6 Å². The highest BCUT2D eigenvalue weighted by atomic mass is 32.2. The maximum Gasteiger partial charge on any atom is 0.182 e. The molecule has 0 saturated heterocycles. The second kappa shape index (κ2) is 7.09. The summed E-state index contributed by atoms with van der Waals surface area (Å²) in [6, 6.07) is 0.220. The van der Waals surface area contributed by atoms with Crippen LogP contribution in [0.1, 0.15) is 46.0 Å². The van der Waals surface area contributed by atoms with E-state index in [1.165, 1.54) is 19.3 Å². The second-order valence-corrected chi connectivity index (χ2v) is 7.62. The summed E-state index contributed by atoms with van der Waals surface area (Å²) >= 11 is 1.11. The molecule has 0 saturated carbocycles. The Bertz CT molecular complexity index is 497. The van der Waals surface area contributed by atoms with Crippen molar-refractivity contribution in [1.29, 1.82) is 0 Å². The molecule has 0 radical (unpaired) electrons. The third-order valence-electron chi connectivity index (χ3n) is 2.91. The minimum absolute atomic E-state index is 0.0909. The van der Waals surface area contributed by atoms with Crippen LogP contribution < -0.4 is 11.1 Å². The van der Waals surface area contributed by atoms with Crippen LogP contribution in [0.15, 0.2) is 4.90 Å². The van der Waals surface area contributed by atoms with Crippen molar-refractivity contribution < 1.29 is 8.42 Å². The summed E-state index contributed by atoms with van der Waals surface area (Å²) in [5.41, 5.74) is 5.62. The summed E-state index contributed by atoms with van der Waals surface area (Å²) < 4.78 is 27.2. The first-order valence-corrected chi connectivity index (χ1v) is 9.24. The molecule has 0 aliphatic carbocycles. The molecule has 1 unspecified atom stereocenters. The predicted octanol–water partition coefficient (Wildman–Crippen LogP) is 2.90. The maximum absolute atomic E-state index is 11.7. The lowest BCUT2D eigenvalue weighted by atomic mass is 10.1. The number of nitrogens with zero attached hydrogens (tertiary/aromatic N) is 1. The number of nitrogens with one attached hydrogen (secondary N) is 1. The van der Waals surface area contributed by atoms with Gasteiger partial charge in [0.05, 0.1) is 0 Å². The van der Waals surface area contributed by atoms with Gasteiger partial charge >= 0.3 is 0 Å². The Morgan fingerprint density at radius 1 is 1.37 bits per heavy atom. The lowest BCUT2D eigenvalue weighted by molar-refractivity contribution is 0.592. The minimum atomic E-state index is -3.34. The van der Waals surface area contributed by atoms with Gasteiger partial charge in [0.1, 0.15) is 9.90 Å². The summed E-state index contributed by atoms with van der Waals surface area (Å²) in [6.45, 7) is 4.23. The Kier molecular flexibility index (Phi) is 6.06. The van der Waals surface area contributed by atoms with Crippen molar-refractivity contribution in [2.75, 3.05) is 17.3 Å². The van der Waals surface area contributed by atoms with Crippen molar-refractivity contribution in [3.05, 3.63) is 0 Å². The van der Waals surface area contributed by atoms with Gasteiger partial charge in [0.2, 0.25) is 0 Å².